The van der Waals surface area contributed by atoms with Crippen LogP contribution in [0, 0.1) is 11.3 Å². The zero-order valence-electron chi connectivity index (χ0n) is 9.49. The van der Waals surface area contributed by atoms with Crippen LogP contribution < -0.4 is 4.74 Å². The molecule has 2 rings (SSSR count). The van der Waals surface area contributed by atoms with Crippen LogP contribution in [0.4, 0.5) is 0 Å². The largest absolute Gasteiger partial charge is 0.492 e. The van der Waals surface area contributed by atoms with Gasteiger partial charge in [-0.2, -0.15) is 5.26 Å². The van der Waals surface area contributed by atoms with E-state index in [-0.39, 0.29) is 0 Å². The van der Waals surface area contributed by atoms with Crippen LogP contribution in [0.1, 0.15) is 24.8 Å². The molecule has 0 N–H and O–H groups in total. The fourth-order valence-corrected chi connectivity index (χ4v) is 2.11. The predicted octanol–water partition coefficient (Wildman–Crippen LogP) is 3.16. The Balaban J connectivity index is 1.90. The summed E-state index contributed by atoms with van der Waals surface area (Å²) in [5.74, 6) is 0.554. The molecule has 0 aromatic heterocycles. The molecule has 1 aromatic rings. The molecule has 1 unspecified atom stereocenters. The number of hydrogen-bond acceptors (Lipinski definition) is 3. The third kappa shape index (κ3) is 3.12. The van der Waals surface area contributed by atoms with Gasteiger partial charge in [0.2, 0.25) is 0 Å². The second kappa shape index (κ2) is 5.90. The fourth-order valence-electron chi connectivity index (χ4n) is 1.91. The standard InChI is InChI=1S/C13H14ClNO2/c14-12-4-1-5-13(11(12)9-15)17-8-6-10-3-2-7-16-10/h1,4-5,10H,2-3,6-8H2. The van der Waals surface area contributed by atoms with Gasteiger partial charge in [0.05, 0.1) is 17.7 Å². The van der Waals surface area contributed by atoms with E-state index in [2.05, 4.69) is 6.07 Å². The normalized spacial score (nSPS) is 18.9. The Labute approximate surface area is 106 Å². The summed E-state index contributed by atoms with van der Waals surface area (Å²) in [6.45, 7) is 1.41. The van der Waals surface area contributed by atoms with Gasteiger partial charge in [-0.15, -0.1) is 0 Å². The summed E-state index contributed by atoms with van der Waals surface area (Å²) in [4.78, 5) is 0. The first kappa shape index (κ1) is 12.2. The van der Waals surface area contributed by atoms with Crippen LogP contribution >= 0.6 is 11.6 Å². The van der Waals surface area contributed by atoms with Gasteiger partial charge in [-0.05, 0) is 25.0 Å². The van der Waals surface area contributed by atoms with E-state index >= 15 is 0 Å². The second-order valence-corrected chi connectivity index (χ2v) is 4.40. The maximum atomic E-state index is 8.97. The molecular formula is C13H14ClNO2. The van der Waals surface area contributed by atoms with Gasteiger partial charge in [0.1, 0.15) is 17.4 Å². The summed E-state index contributed by atoms with van der Waals surface area (Å²) in [7, 11) is 0. The lowest BCUT2D eigenvalue weighted by Gasteiger charge is -2.11. The van der Waals surface area contributed by atoms with E-state index in [0.717, 1.165) is 25.9 Å². The van der Waals surface area contributed by atoms with Gasteiger partial charge in [-0.1, -0.05) is 17.7 Å². The average molecular weight is 252 g/mol. The SMILES string of the molecule is N#Cc1c(Cl)cccc1OCCC1CCCO1. The maximum absolute atomic E-state index is 8.97. The van der Waals surface area contributed by atoms with E-state index in [1.54, 1.807) is 18.2 Å². The molecule has 1 aromatic carbocycles. The molecule has 1 heterocycles. The zero-order valence-corrected chi connectivity index (χ0v) is 10.2. The Kier molecular flexibility index (Phi) is 4.24. The molecule has 0 amide bonds. The minimum absolute atomic E-state index is 0.305. The summed E-state index contributed by atoms with van der Waals surface area (Å²) in [6.07, 6.45) is 3.40. The highest BCUT2D eigenvalue weighted by atomic mass is 35.5. The summed E-state index contributed by atoms with van der Waals surface area (Å²) >= 11 is 5.91. The van der Waals surface area contributed by atoms with Crippen LogP contribution in [-0.4, -0.2) is 19.3 Å². The summed E-state index contributed by atoms with van der Waals surface area (Å²) in [5.41, 5.74) is 0.404. The molecule has 4 heteroatoms. The van der Waals surface area contributed by atoms with Crippen LogP contribution in [0.25, 0.3) is 0 Å². The molecule has 0 spiro atoms. The van der Waals surface area contributed by atoms with Crippen LogP contribution in [0.2, 0.25) is 5.02 Å². The lowest BCUT2D eigenvalue weighted by Crippen LogP contribution is -2.11. The Hall–Kier alpha value is -1.24. The summed E-state index contributed by atoms with van der Waals surface area (Å²) < 4.78 is 11.1. The van der Waals surface area contributed by atoms with Crippen LogP contribution in [0.3, 0.4) is 0 Å². The molecule has 1 atom stereocenters. The average Bonchev–Trinajstić information content (AvgIpc) is 2.82. The van der Waals surface area contributed by atoms with E-state index in [9.17, 15) is 0 Å². The van der Waals surface area contributed by atoms with Crippen molar-refractivity contribution in [2.24, 2.45) is 0 Å². The first-order valence-corrected chi connectivity index (χ1v) is 6.12. The molecule has 1 aliphatic heterocycles. The van der Waals surface area contributed by atoms with Gasteiger partial charge in [-0.3, -0.25) is 0 Å². The highest BCUT2D eigenvalue weighted by Crippen LogP contribution is 2.25. The molecule has 90 valence electrons. The van der Waals surface area contributed by atoms with Gasteiger partial charge in [-0.25, -0.2) is 0 Å². The molecular weight excluding hydrogens is 238 g/mol. The number of hydrogen-bond donors (Lipinski definition) is 0. The number of nitrogens with zero attached hydrogens (tertiary/aromatic N) is 1. The number of benzene rings is 1. The third-order valence-corrected chi connectivity index (χ3v) is 3.12. The lowest BCUT2D eigenvalue weighted by atomic mass is 10.2. The summed E-state index contributed by atoms with van der Waals surface area (Å²) in [6, 6.07) is 7.29. The minimum atomic E-state index is 0.305. The van der Waals surface area contributed by atoms with E-state index in [4.69, 9.17) is 26.3 Å². The van der Waals surface area contributed by atoms with Gasteiger partial charge >= 0.3 is 0 Å². The molecule has 0 aliphatic carbocycles. The Bertz CT molecular complexity index is 422. The van der Waals surface area contributed by atoms with Gasteiger partial charge < -0.3 is 9.47 Å². The molecule has 17 heavy (non-hydrogen) atoms. The van der Waals surface area contributed by atoms with Crippen LogP contribution in [0.15, 0.2) is 18.2 Å². The van der Waals surface area contributed by atoms with E-state index in [1.807, 2.05) is 0 Å². The van der Waals surface area contributed by atoms with Crippen molar-refractivity contribution in [3.63, 3.8) is 0 Å². The Morgan fingerprint density at radius 3 is 3.12 bits per heavy atom. The molecule has 0 bridgehead atoms. The summed E-state index contributed by atoms with van der Waals surface area (Å²) in [5, 5.41) is 9.40. The topological polar surface area (TPSA) is 42.2 Å². The van der Waals surface area contributed by atoms with Crippen molar-refractivity contribution in [3.8, 4) is 11.8 Å². The quantitative estimate of drug-likeness (QED) is 0.826. The molecule has 1 saturated heterocycles. The van der Waals surface area contributed by atoms with Crippen molar-refractivity contribution in [3.05, 3.63) is 28.8 Å². The highest BCUT2D eigenvalue weighted by molar-refractivity contribution is 6.31. The van der Waals surface area contributed by atoms with Crippen LogP contribution in [-0.2, 0) is 4.74 Å². The van der Waals surface area contributed by atoms with Crippen molar-refractivity contribution in [1.29, 1.82) is 5.26 Å². The van der Waals surface area contributed by atoms with Crippen molar-refractivity contribution in [2.75, 3.05) is 13.2 Å². The molecule has 1 fully saturated rings. The minimum Gasteiger partial charge on any atom is -0.492 e. The number of rotatable bonds is 4. The van der Waals surface area contributed by atoms with Crippen molar-refractivity contribution in [1.82, 2.24) is 0 Å². The Morgan fingerprint density at radius 1 is 1.53 bits per heavy atom. The van der Waals surface area contributed by atoms with Crippen LogP contribution in [0.5, 0.6) is 5.75 Å². The number of halogens is 1. The van der Waals surface area contributed by atoms with Crippen molar-refractivity contribution in [2.45, 2.75) is 25.4 Å². The van der Waals surface area contributed by atoms with E-state index < -0.39 is 0 Å². The molecule has 3 nitrogen and oxygen atoms in total. The second-order valence-electron chi connectivity index (χ2n) is 4.00. The maximum Gasteiger partial charge on any atom is 0.138 e. The number of nitriles is 1. The molecule has 0 saturated carbocycles. The van der Waals surface area contributed by atoms with E-state index in [1.165, 1.54) is 0 Å². The first-order valence-electron chi connectivity index (χ1n) is 5.74. The fraction of sp³-hybridized carbons (Fsp3) is 0.462. The first-order chi connectivity index (χ1) is 8.31. The van der Waals surface area contributed by atoms with Gasteiger partial charge in [0.25, 0.3) is 0 Å². The van der Waals surface area contributed by atoms with Gasteiger partial charge in [0.15, 0.2) is 0 Å². The predicted molar refractivity (Wildman–Crippen MR) is 65.3 cm³/mol. The van der Waals surface area contributed by atoms with Crippen molar-refractivity contribution < 1.29 is 9.47 Å². The lowest BCUT2D eigenvalue weighted by molar-refractivity contribution is 0.0903. The third-order valence-electron chi connectivity index (χ3n) is 2.81. The number of ether oxygens (including phenoxy) is 2. The van der Waals surface area contributed by atoms with E-state index in [0.29, 0.717) is 29.0 Å². The molecule has 1 aliphatic rings. The highest BCUT2D eigenvalue weighted by Gasteiger charge is 2.15. The van der Waals surface area contributed by atoms with Crippen molar-refractivity contribution >= 4 is 11.6 Å². The smallest absolute Gasteiger partial charge is 0.138 e. The van der Waals surface area contributed by atoms with Gasteiger partial charge in [0, 0.05) is 13.0 Å². The Morgan fingerprint density at radius 2 is 2.41 bits per heavy atom. The monoisotopic (exact) mass is 251 g/mol. The zero-order chi connectivity index (χ0) is 12.1. The molecule has 0 radical (unpaired) electrons.